The molecule has 0 N–H and O–H groups in total. The van der Waals surface area contributed by atoms with E-state index in [9.17, 15) is 9.18 Å². The molecule has 4 aromatic rings. The van der Waals surface area contributed by atoms with Gasteiger partial charge in [-0.15, -0.1) is 0 Å². The number of hydrogen-bond donors (Lipinski definition) is 0. The van der Waals surface area contributed by atoms with E-state index >= 15 is 0 Å². The van der Waals surface area contributed by atoms with E-state index in [1.165, 1.54) is 34.4 Å². The van der Waals surface area contributed by atoms with Crippen LogP contribution in [0.15, 0.2) is 94.9 Å². The fourth-order valence-corrected chi connectivity index (χ4v) is 7.19. The highest BCUT2D eigenvalue weighted by atomic mass is 35.5. The van der Waals surface area contributed by atoms with Gasteiger partial charge in [-0.3, -0.25) is 9.69 Å². The molecule has 7 heteroatoms. The van der Waals surface area contributed by atoms with Crippen LogP contribution in [0.5, 0.6) is 0 Å². The van der Waals surface area contributed by atoms with Crippen molar-refractivity contribution in [2.75, 3.05) is 31.1 Å². The molecule has 0 radical (unpaired) electrons. The molecule has 1 saturated heterocycles. The van der Waals surface area contributed by atoms with Crippen LogP contribution in [0.25, 0.3) is 6.08 Å². The molecule has 4 nitrogen and oxygen atoms in total. The first-order valence-electron chi connectivity index (χ1n) is 14.3. The second-order valence-corrected chi connectivity index (χ2v) is 12.9. The average molecular weight is 598 g/mol. The largest absolute Gasteiger partial charge is 0.307 e. The topological polar surface area (TPSA) is 36.4 Å². The highest BCUT2D eigenvalue weighted by Gasteiger charge is 2.46. The van der Waals surface area contributed by atoms with Gasteiger partial charge in [0, 0.05) is 45.7 Å². The summed E-state index contributed by atoms with van der Waals surface area (Å²) in [5.74, 6) is -0.302. The van der Waals surface area contributed by atoms with E-state index in [2.05, 4.69) is 72.3 Å². The number of pyridine rings is 1. The van der Waals surface area contributed by atoms with Gasteiger partial charge in [0.1, 0.15) is 11.0 Å². The minimum atomic E-state index is -0.242. The van der Waals surface area contributed by atoms with Crippen molar-refractivity contribution in [3.05, 3.63) is 124 Å². The Morgan fingerprint density at radius 1 is 1.00 bits per heavy atom. The fraction of sp³-hybridized carbons (Fsp3) is 0.257. The van der Waals surface area contributed by atoms with Crippen LogP contribution in [0.3, 0.4) is 0 Å². The Hall–Kier alpha value is -3.45. The third-order valence-corrected chi connectivity index (χ3v) is 9.66. The maximum atomic E-state index is 13.8. The van der Waals surface area contributed by atoms with Gasteiger partial charge < -0.3 is 4.90 Å². The highest BCUT2D eigenvalue weighted by Crippen LogP contribution is 2.49. The summed E-state index contributed by atoms with van der Waals surface area (Å²) in [5, 5.41) is 0.309. The van der Waals surface area contributed by atoms with Gasteiger partial charge in [0.05, 0.1) is 0 Å². The van der Waals surface area contributed by atoms with Crippen LogP contribution in [0.4, 0.5) is 10.1 Å². The minimum Gasteiger partial charge on any atom is -0.307 e. The summed E-state index contributed by atoms with van der Waals surface area (Å²) < 4.78 is 13.5. The Morgan fingerprint density at radius 3 is 2.50 bits per heavy atom. The number of amides is 1. The molecule has 0 saturated carbocycles. The number of fused-ring (bicyclic) bond motifs is 2. The third-order valence-electron chi connectivity index (χ3n) is 8.46. The lowest BCUT2D eigenvalue weighted by molar-refractivity contribution is 0.0977. The van der Waals surface area contributed by atoms with Crippen LogP contribution in [-0.4, -0.2) is 42.0 Å². The number of anilines is 1. The van der Waals surface area contributed by atoms with E-state index in [-0.39, 0.29) is 17.1 Å². The van der Waals surface area contributed by atoms with Crippen LogP contribution in [0, 0.1) is 19.7 Å². The monoisotopic (exact) mass is 597 g/mol. The van der Waals surface area contributed by atoms with Crippen molar-refractivity contribution in [1.29, 1.82) is 0 Å². The average Bonchev–Trinajstić information content (AvgIpc) is 3.29. The smallest absolute Gasteiger partial charge is 0.258 e. The van der Waals surface area contributed by atoms with Crippen molar-refractivity contribution in [3.63, 3.8) is 0 Å². The van der Waals surface area contributed by atoms with E-state index in [0.717, 1.165) is 48.0 Å². The molecule has 0 unspecified atom stereocenters. The van der Waals surface area contributed by atoms with Gasteiger partial charge in [-0.1, -0.05) is 59.3 Å². The van der Waals surface area contributed by atoms with Gasteiger partial charge in [0.2, 0.25) is 0 Å². The zero-order valence-corrected chi connectivity index (χ0v) is 25.4. The highest BCUT2D eigenvalue weighted by molar-refractivity contribution is 7.99. The van der Waals surface area contributed by atoms with E-state index in [4.69, 9.17) is 11.6 Å². The molecule has 6 rings (SSSR count). The Labute approximate surface area is 256 Å². The predicted octanol–water partition coefficient (Wildman–Crippen LogP) is 8.35. The maximum absolute atomic E-state index is 13.8. The number of nitrogens with zero attached hydrogens (tertiary/aromatic N) is 3. The normalized spacial score (nSPS) is 16.3. The third kappa shape index (κ3) is 6.03. The number of halogens is 2. The zero-order chi connectivity index (χ0) is 29.3. The number of aromatic nitrogens is 1. The van der Waals surface area contributed by atoms with Crippen LogP contribution >= 0.6 is 23.4 Å². The first-order valence-corrected chi connectivity index (χ1v) is 15.5. The SMILES string of the molecule is Cc1ccc(C=CCN2CCC3(CC2)CN(C(=O)c2ccnc(Cl)c2)c2ccc(Sc4ccc(F)cc4)cc23)c(C)c1. The van der Waals surface area contributed by atoms with Gasteiger partial charge in [-0.2, -0.15) is 0 Å². The molecule has 0 bridgehead atoms. The summed E-state index contributed by atoms with van der Waals surface area (Å²) in [4.78, 5) is 24.3. The minimum absolute atomic E-state index is 0.0600. The van der Waals surface area contributed by atoms with Crippen molar-refractivity contribution < 1.29 is 9.18 Å². The molecular weight excluding hydrogens is 565 g/mol. The second-order valence-electron chi connectivity index (χ2n) is 11.3. The lowest BCUT2D eigenvalue weighted by Gasteiger charge is -2.39. The Balaban J connectivity index is 1.24. The molecule has 2 aliphatic heterocycles. The van der Waals surface area contributed by atoms with Crippen LogP contribution in [0.1, 0.15) is 45.5 Å². The van der Waals surface area contributed by atoms with E-state index in [0.29, 0.717) is 17.3 Å². The van der Waals surface area contributed by atoms with Crippen molar-refractivity contribution in [1.82, 2.24) is 9.88 Å². The van der Waals surface area contributed by atoms with Crippen LogP contribution in [-0.2, 0) is 5.41 Å². The van der Waals surface area contributed by atoms with Gasteiger partial charge in [0.15, 0.2) is 0 Å². The summed E-state index contributed by atoms with van der Waals surface area (Å²) in [6.45, 7) is 7.72. The molecule has 42 heavy (non-hydrogen) atoms. The number of carbonyl (C=O) groups excluding carboxylic acids is 1. The molecule has 1 amide bonds. The Kier molecular flexibility index (Phi) is 8.22. The number of benzene rings is 3. The van der Waals surface area contributed by atoms with Crippen molar-refractivity contribution in [3.8, 4) is 0 Å². The van der Waals surface area contributed by atoms with E-state index in [1.807, 2.05) is 4.90 Å². The molecule has 0 aliphatic carbocycles. The van der Waals surface area contributed by atoms with Crippen molar-refractivity contribution in [2.24, 2.45) is 0 Å². The van der Waals surface area contributed by atoms with Crippen molar-refractivity contribution >= 4 is 41.0 Å². The van der Waals surface area contributed by atoms with E-state index < -0.39 is 0 Å². The number of carbonyl (C=O) groups is 1. The first-order chi connectivity index (χ1) is 20.3. The van der Waals surface area contributed by atoms with Crippen molar-refractivity contribution in [2.45, 2.75) is 41.9 Å². The molecule has 2 aliphatic rings. The van der Waals surface area contributed by atoms with E-state index in [1.54, 1.807) is 42.2 Å². The molecule has 1 spiro atoms. The predicted molar refractivity (Wildman–Crippen MR) is 170 cm³/mol. The number of aryl methyl sites for hydroxylation is 2. The first kappa shape index (κ1) is 28.7. The van der Waals surface area contributed by atoms with Gasteiger partial charge in [-0.05, 0) is 111 Å². The summed E-state index contributed by atoms with van der Waals surface area (Å²) >= 11 is 7.75. The Morgan fingerprint density at radius 2 is 1.76 bits per heavy atom. The second kappa shape index (κ2) is 12.0. The number of rotatable bonds is 6. The fourth-order valence-electron chi connectivity index (χ4n) is 6.16. The van der Waals surface area contributed by atoms with Gasteiger partial charge >= 0.3 is 0 Å². The molecular formula is C35H33ClFN3OS. The number of likely N-dealkylation sites (tertiary alicyclic amines) is 1. The van der Waals surface area contributed by atoms with Gasteiger partial charge in [-0.25, -0.2) is 9.37 Å². The lowest BCUT2D eigenvalue weighted by atomic mass is 9.74. The number of hydrogen-bond acceptors (Lipinski definition) is 4. The summed E-state index contributed by atoms with van der Waals surface area (Å²) in [7, 11) is 0. The summed E-state index contributed by atoms with van der Waals surface area (Å²) in [6.07, 6.45) is 7.99. The van der Waals surface area contributed by atoms with Gasteiger partial charge in [0.25, 0.3) is 5.91 Å². The summed E-state index contributed by atoms with van der Waals surface area (Å²) in [6, 6.07) is 22.9. The molecule has 0 atom stereocenters. The molecule has 3 heterocycles. The maximum Gasteiger partial charge on any atom is 0.258 e. The van der Waals surface area contributed by atoms with Crippen LogP contribution in [0.2, 0.25) is 5.15 Å². The molecule has 1 aromatic heterocycles. The summed E-state index contributed by atoms with van der Waals surface area (Å²) in [5.41, 5.74) is 6.41. The quantitative estimate of drug-likeness (QED) is 0.209. The standard InChI is InChI=1S/C35H33ClFN3OS/c1-24-5-6-26(25(2)20-24)4-3-17-39-18-14-35(15-19-39)23-40(34(41)27-13-16-38-33(36)21-27)32-12-11-30(22-31(32)35)42-29-9-7-28(37)8-10-29/h3-13,16,20-22H,14-15,17-19,23H2,1-2H3. The lowest BCUT2D eigenvalue weighted by Crippen LogP contribution is -2.46. The zero-order valence-electron chi connectivity index (χ0n) is 23.8. The number of piperidine rings is 1. The molecule has 3 aromatic carbocycles. The molecule has 1 fully saturated rings. The Bertz CT molecular complexity index is 1650. The molecule has 214 valence electrons. The van der Waals surface area contributed by atoms with Crippen LogP contribution < -0.4 is 4.90 Å².